The van der Waals surface area contributed by atoms with Crippen molar-refractivity contribution in [3.8, 4) is 0 Å². The van der Waals surface area contributed by atoms with Crippen molar-refractivity contribution in [3.05, 3.63) is 17.7 Å². The van der Waals surface area contributed by atoms with Crippen molar-refractivity contribution in [2.24, 2.45) is 11.8 Å². The Labute approximate surface area is 114 Å². The molecule has 2 unspecified atom stereocenters. The number of rotatable bonds is 4. The number of nitrogens with zero attached hydrogens (tertiary/aromatic N) is 2. The van der Waals surface area contributed by atoms with Gasteiger partial charge in [0, 0.05) is 18.7 Å². The lowest BCUT2D eigenvalue weighted by atomic mass is 9.91. The normalized spacial score (nSPS) is 22.8. The van der Waals surface area contributed by atoms with Gasteiger partial charge in [-0.2, -0.15) is 0 Å². The minimum Gasteiger partial charge on any atom is -0.480 e. The number of carbonyl (C=O) groups is 1. The molecule has 1 aromatic rings. The quantitative estimate of drug-likeness (QED) is 0.871. The molecule has 19 heavy (non-hydrogen) atoms. The van der Waals surface area contributed by atoms with E-state index in [4.69, 9.17) is 0 Å². The van der Waals surface area contributed by atoms with Crippen LogP contribution >= 0.6 is 0 Å². The Morgan fingerprint density at radius 3 is 2.74 bits per heavy atom. The molecule has 0 fully saturated rings. The van der Waals surface area contributed by atoms with Crippen LogP contribution in [0.5, 0.6) is 0 Å². The third-order valence-corrected chi connectivity index (χ3v) is 3.58. The smallest absolute Gasteiger partial charge is 0.321 e. The molecule has 0 amide bonds. The maximum absolute atomic E-state index is 11.3. The van der Waals surface area contributed by atoms with Gasteiger partial charge in [-0.25, -0.2) is 4.98 Å². The summed E-state index contributed by atoms with van der Waals surface area (Å²) >= 11 is 0. The molecular weight excluding hydrogens is 242 g/mol. The minimum atomic E-state index is -0.784. The Bertz CT molecular complexity index is 465. The van der Waals surface area contributed by atoms with Crippen molar-refractivity contribution in [1.29, 1.82) is 0 Å². The van der Waals surface area contributed by atoms with E-state index in [2.05, 4.69) is 42.6 Å². The molecular formula is C14H23N3O2. The Hall–Kier alpha value is -1.36. The number of fused-ring (bicyclic) bond motifs is 1. The van der Waals surface area contributed by atoms with Crippen LogP contribution in [0.25, 0.3) is 0 Å². The van der Waals surface area contributed by atoms with Gasteiger partial charge in [-0.15, -0.1) is 0 Å². The molecule has 5 nitrogen and oxygen atoms in total. The van der Waals surface area contributed by atoms with Crippen molar-refractivity contribution in [3.63, 3.8) is 0 Å². The van der Waals surface area contributed by atoms with E-state index in [0.29, 0.717) is 18.3 Å². The largest absolute Gasteiger partial charge is 0.480 e. The summed E-state index contributed by atoms with van der Waals surface area (Å²) in [5, 5.41) is 12.5. The summed E-state index contributed by atoms with van der Waals surface area (Å²) in [6.45, 7) is 9.38. The first-order valence-corrected chi connectivity index (χ1v) is 6.93. The van der Waals surface area contributed by atoms with Crippen molar-refractivity contribution < 1.29 is 9.90 Å². The zero-order valence-electron chi connectivity index (χ0n) is 12.1. The molecule has 0 saturated heterocycles. The number of carboxylic acids is 1. The zero-order chi connectivity index (χ0) is 14.2. The number of imidazole rings is 1. The van der Waals surface area contributed by atoms with E-state index in [-0.39, 0.29) is 6.04 Å². The highest BCUT2D eigenvalue weighted by molar-refractivity contribution is 5.74. The fraction of sp³-hybridized carbons (Fsp3) is 0.714. The number of carboxylic acid groups (broad SMARTS) is 1. The number of nitrogens with one attached hydrogen (secondary N) is 1. The summed E-state index contributed by atoms with van der Waals surface area (Å²) in [5.74, 6) is 0.0610. The van der Waals surface area contributed by atoms with Crippen molar-refractivity contribution in [2.45, 2.75) is 52.7 Å². The van der Waals surface area contributed by atoms with Crippen LogP contribution in [0, 0.1) is 11.8 Å². The Kier molecular flexibility index (Phi) is 3.94. The lowest BCUT2D eigenvalue weighted by molar-refractivity contribution is -0.140. The van der Waals surface area contributed by atoms with E-state index in [1.165, 1.54) is 0 Å². The van der Waals surface area contributed by atoms with E-state index < -0.39 is 12.0 Å². The number of hydrogen-bond donors (Lipinski definition) is 2. The highest BCUT2D eigenvalue weighted by atomic mass is 16.4. The second kappa shape index (κ2) is 5.33. The predicted molar refractivity (Wildman–Crippen MR) is 72.9 cm³/mol. The maximum atomic E-state index is 11.3. The summed E-state index contributed by atoms with van der Waals surface area (Å²) in [6, 6.07) is -0.485. The molecule has 2 atom stereocenters. The molecule has 5 heteroatoms. The first kappa shape index (κ1) is 14.1. The molecule has 0 spiro atoms. The monoisotopic (exact) mass is 265 g/mol. The average molecular weight is 265 g/mol. The van der Waals surface area contributed by atoms with E-state index in [1.54, 1.807) is 0 Å². The summed E-state index contributed by atoms with van der Waals surface area (Å²) < 4.78 is 2.12. The summed E-state index contributed by atoms with van der Waals surface area (Å²) in [6.07, 6.45) is 2.37. The maximum Gasteiger partial charge on any atom is 0.321 e. The van der Waals surface area contributed by atoms with E-state index in [9.17, 15) is 9.90 Å². The molecule has 0 bridgehead atoms. The van der Waals surface area contributed by atoms with Crippen molar-refractivity contribution >= 4 is 5.97 Å². The van der Waals surface area contributed by atoms with Gasteiger partial charge in [0.2, 0.25) is 0 Å². The van der Waals surface area contributed by atoms with Gasteiger partial charge in [-0.05, 0) is 11.8 Å². The van der Waals surface area contributed by atoms with Gasteiger partial charge in [0.25, 0.3) is 0 Å². The molecule has 1 aliphatic heterocycles. The fourth-order valence-electron chi connectivity index (χ4n) is 2.67. The first-order chi connectivity index (χ1) is 8.90. The Balaban J connectivity index is 2.36. The lowest BCUT2D eigenvalue weighted by Gasteiger charge is -2.31. The standard InChI is InChI=1S/C14H23N3O2/c1-8(2)6-17-7-15-13-11(17)5-10(14(18)19)16-12(13)9(3)4/h7-10,12,16H,5-6H2,1-4H3,(H,18,19). The van der Waals surface area contributed by atoms with Crippen LogP contribution in [-0.2, 0) is 17.8 Å². The molecule has 0 saturated carbocycles. The summed E-state index contributed by atoms with van der Waals surface area (Å²) in [4.78, 5) is 15.8. The summed E-state index contributed by atoms with van der Waals surface area (Å²) in [7, 11) is 0. The lowest BCUT2D eigenvalue weighted by Crippen LogP contribution is -2.46. The van der Waals surface area contributed by atoms with Crippen molar-refractivity contribution in [1.82, 2.24) is 14.9 Å². The van der Waals surface area contributed by atoms with Crippen LogP contribution in [-0.4, -0.2) is 26.7 Å². The van der Waals surface area contributed by atoms with Crippen LogP contribution in [0.3, 0.4) is 0 Å². The third kappa shape index (κ3) is 2.81. The molecule has 0 radical (unpaired) electrons. The SMILES string of the molecule is CC(C)Cn1cnc2c1CC(C(=O)O)NC2C(C)C. The predicted octanol–water partition coefficient (Wildman–Crippen LogP) is 1.84. The van der Waals surface area contributed by atoms with E-state index >= 15 is 0 Å². The van der Waals surface area contributed by atoms with Crippen LogP contribution in [0.4, 0.5) is 0 Å². The molecule has 2 heterocycles. The second-order valence-electron chi connectivity index (χ2n) is 6.11. The van der Waals surface area contributed by atoms with Gasteiger partial charge in [0.1, 0.15) is 6.04 Å². The Morgan fingerprint density at radius 2 is 2.21 bits per heavy atom. The highest BCUT2D eigenvalue weighted by Crippen LogP contribution is 2.30. The number of aliphatic carboxylic acids is 1. The van der Waals surface area contributed by atoms with Gasteiger partial charge >= 0.3 is 5.97 Å². The zero-order valence-corrected chi connectivity index (χ0v) is 12.1. The second-order valence-corrected chi connectivity index (χ2v) is 6.11. The molecule has 1 aromatic heterocycles. The molecule has 1 aliphatic rings. The van der Waals surface area contributed by atoms with Gasteiger partial charge in [0.15, 0.2) is 0 Å². The highest BCUT2D eigenvalue weighted by Gasteiger charge is 2.34. The average Bonchev–Trinajstić information content (AvgIpc) is 2.70. The van der Waals surface area contributed by atoms with Gasteiger partial charge in [0.05, 0.1) is 18.1 Å². The molecule has 0 aliphatic carbocycles. The van der Waals surface area contributed by atoms with Gasteiger partial charge in [-0.3, -0.25) is 10.1 Å². The number of aromatic nitrogens is 2. The summed E-state index contributed by atoms with van der Waals surface area (Å²) in [5.41, 5.74) is 2.10. The molecule has 2 N–H and O–H groups in total. The molecule has 0 aromatic carbocycles. The fourth-order valence-corrected chi connectivity index (χ4v) is 2.67. The van der Waals surface area contributed by atoms with E-state index in [1.807, 2.05) is 6.33 Å². The van der Waals surface area contributed by atoms with Crippen LogP contribution in [0.2, 0.25) is 0 Å². The van der Waals surface area contributed by atoms with Gasteiger partial charge < -0.3 is 9.67 Å². The Morgan fingerprint density at radius 1 is 1.53 bits per heavy atom. The van der Waals surface area contributed by atoms with E-state index in [0.717, 1.165) is 17.9 Å². The topological polar surface area (TPSA) is 67.2 Å². The third-order valence-electron chi connectivity index (χ3n) is 3.58. The van der Waals surface area contributed by atoms with Crippen LogP contribution in [0.15, 0.2) is 6.33 Å². The van der Waals surface area contributed by atoms with Gasteiger partial charge in [-0.1, -0.05) is 27.7 Å². The first-order valence-electron chi connectivity index (χ1n) is 6.93. The minimum absolute atomic E-state index is 0.0262. The van der Waals surface area contributed by atoms with Crippen LogP contribution in [0.1, 0.15) is 45.1 Å². The van der Waals surface area contributed by atoms with Crippen molar-refractivity contribution in [2.75, 3.05) is 0 Å². The number of hydrogen-bond acceptors (Lipinski definition) is 3. The molecule has 106 valence electrons. The molecule has 2 rings (SSSR count). The van der Waals surface area contributed by atoms with Crippen LogP contribution < -0.4 is 5.32 Å².